The molecule has 0 radical (unpaired) electrons. The smallest absolute Gasteiger partial charge is 0.229 e. The molecule has 2 rings (SSSR count). The second-order valence-corrected chi connectivity index (χ2v) is 7.52. The highest BCUT2D eigenvalue weighted by Gasteiger charge is 2.36. The number of pyridine rings is 1. The normalized spacial score (nSPS) is 21.8. The molecule has 1 amide bonds. The van der Waals surface area contributed by atoms with Gasteiger partial charge in [-0.15, -0.1) is 0 Å². The van der Waals surface area contributed by atoms with E-state index in [0.717, 1.165) is 16.4 Å². The Hall–Kier alpha value is -1.05. The van der Waals surface area contributed by atoms with Gasteiger partial charge in [0.1, 0.15) is 17.1 Å². The van der Waals surface area contributed by atoms with Crippen molar-refractivity contribution in [1.29, 1.82) is 0 Å². The van der Waals surface area contributed by atoms with E-state index < -0.39 is 0 Å². The summed E-state index contributed by atoms with van der Waals surface area (Å²) in [6, 6.07) is 3.91. The van der Waals surface area contributed by atoms with E-state index in [-0.39, 0.29) is 30.0 Å². The molecule has 1 aromatic heterocycles. The number of hydrogen-bond donors (Lipinski definition) is 0. The highest BCUT2D eigenvalue weighted by molar-refractivity contribution is 8.15. The molecule has 0 N–H and O–H groups in total. The molecule has 2 heterocycles. The second kappa shape index (κ2) is 8.70. The Labute approximate surface area is 146 Å². The van der Waals surface area contributed by atoms with Gasteiger partial charge in [-0.25, -0.2) is 0 Å². The van der Waals surface area contributed by atoms with Gasteiger partial charge in [0.05, 0.1) is 6.04 Å². The van der Waals surface area contributed by atoms with Gasteiger partial charge in [-0.05, 0) is 25.3 Å². The SMILES string of the molecule is COCN(C(=O)C(C)CSC)C1SC(c2cccnc2)=NC1C. The van der Waals surface area contributed by atoms with Crippen LogP contribution >= 0.6 is 23.5 Å². The molecule has 5 nitrogen and oxygen atoms in total. The predicted octanol–water partition coefficient (Wildman–Crippen LogP) is 2.72. The molecule has 1 aliphatic heterocycles. The number of aromatic nitrogens is 1. The van der Waals surface area contributed by atoms with E-state index in [1.807, 2.05) is 37.1 Å². The van der Waals surface area contributed by atoms with E-state index in [0.29, 0.717) is 0 Å². The monoisotopic (exact) mass is 353 g/mol. The van der Waals surface area contributed by atoms with E-state index >= 15 is 0 Å². The van der Waals surface area contributed by atoms with Crippen LogP contribution in [-0.4, -0.2) is 58.1 Å². The topological polar surface area (TPSA) is 54.8 Å². The molecule has 0 spiro atoms. The zero-order chi connectivity index (χ0) is 16.8. The van der Waals surface area contributed by atoms with E-state index in [4.69, 9.17) is 9.73 Å². The largest absolute Gasteiger partial charge is 0.364 e. The maximum atomic E-state index is 12.8. The summed E-state index contributed by atoms with van der Waals surface area (Å²) in [5, 5.41) is 0.893. The number of aliphatic imine (C=N–C) groups is 1. The lowest BCUT2D eigenvalue weighted by Crippen LogP contribution is -2.46. The number of rotatable bonds is 7. The second-order valence-electron chi connectivity index (χ2n) is 5.51. The molecule has 0 saturated heterocycles. The molecule has 3 unspecified atom stereocenters. The molecule has 0 saturated carbocycles. The zero-order valence-electron chi connectivity index (χ0n) is 13.9. The molecule has 0 aromatic carbocycles. The molecule has 1 aromatic rings. The lowest BCUT2D eigenvalue weighted by molar-refractivity contribution is -0.140. The van der Waals surface area contributed by atoms with Crippen molar-refractivity contribution >= 4 is 34.5 Å². The number of hydrogen-bond acceptors (Lipinski definition) is 6. The van der Waals surface area contributed by atoms with Gasteiger partial charge in [0, 0.05) is 36.7 Å². The summed E-state index contributed by atoms with van der Waals surface area (Å²) in [5.41, 5.74) is 0.994. The van der Waals surface area contributed by atoms with Crippen LogP contribution in [0.15, 0.2) is 29.5 Å². The molecule has 126 valence electrons. The van der Waals surface area contributed by atoms with Gasteiger partial charge in [0.25, 0.3) is 0 Å². The van der Waals surface area contributed by atoms with Gasteiger partial charge < -0.3 is 9.64 Å². The molecule has 3 atom stereocenters. The third-order valence-corrected chi connectivity index (χ3v) is 5.86. The molecular formula is C16H23N3O2S2. The zero-order valence-corrected chi connectivity index (χ0v) is 15.6. The maximum absolute atomic E-state index is 12.8. The Kier molecular flexibility index (Phi) is 6.92. The van der Waals surface area contributed by atoms with E-state index in [9.17, 15) is 4.79 Å². The van der Waals surface area contributed by atoms with Crippen LogP contribution < -0.4 is 0 Å². The predicted molar refractivity (Wildman–Crippen MR) is 97.9 cm³/mol. The maximum Gasteiger partial charge on any atom is 0.229 e. The molecular weight excluding hydrogens is 330 g/mol. The van der Waals surface area contributed by atoms with Crippen molar-refractivity contribution in [3.05, 3.63) is 30.1 Å². The van der Waals surface area contributed by atoms with Gasteiger partial charge in [-0.3, -0.25) is 14.8 Å². The Morgan fingerprint density at radius 3 is 2.96 bits per heavy atom. The van der Waals surface area contributed by atoms with Crippen LogP contribution in [0.5, 0.6) is 0 Å². The minimum atomic E-state index is -0.0398. The fraction of sp³-hybridized carbons (Fsp3) is 0.562. The standard InChI is InChI=1S/C16H23N3O2S2/c1-11(9-22-4)15(20)19(10-21-3)16-12(2)18-14(23-16)13-6-5-7-17-8-13/h5-8,11-12,16H,9-10H2,1-4H3. The summed E-state index contributed by atoms with van der Waals surface area (Å²) in [6.07, 6.45) is 5.57. The first-order valence-electron chi connectivity index (χ1n) is 7.51. The minimum Gasteiger partial charge on any atom is -0.364 e. The molecule has 0 bridgehead atoms. The number of thioether (sulfide) groups is 2. The lowest BCUT2D eigenvalue weighted by Gasteiger charge is -2.31. The Balaban J connectivity index is 2.14. The fourth-order valence-electron chi connectivity index (χ4n) is 2.45. The Morgan fingerprint density at radius 2 is 2.35 bits per heavy atom. The summed E-state index contributed by atoms with van der Waals surface area (Å²) >= 11 is 3.29. The average Bonchev–Trinajstić information content (AvgIpc) is 2.94. The number of carbonyl (C=O) groups excluding carboxylic acids is 1. The van der Waals surface area contributed by atoms with E-state index in [1.165, 1.54) is 0 Å². The highest BCUT2D eigenvalue weighted by atomic mass is 32.2. The van der Waals surface area contributed by atoms with Crippen LogP contribution in [-0.2, 0) is 9.53 Å². The van der Waals surface area contributed by atoms with Gasteiger partial charge in [0.2, 0.25) is 5.91 Å². The molecule has 0 aliphatic carbocycles. The first-order chi connectivity index (χ1) is 11.1. The van der Waals surface area contributed by atoms with Gasteiger partial charge in [-0.2, -0.15) is 11.8 Å². The number of ether oxygens (including phenoxy) is 1. The van der Waals surface area contributed by atoms with E-state index in [2.05, 4.69) is 4.98 Å². The van der Waals surface area contributed by atoms with E-state index in [1.54, 1.807) is 43.0 Å². The van der Waals surface area contributed by atoms with Crippen molar-refractivity contribution in [2.75, 3.05) is 25.8 Å². The fourth-order valence-corrected chi connectivity index (χ4v) is 4.36. The first kappa shape index (κ1) is 18.3. The number of nitrogens with zero attached hydrogens (tertiary/aromatic N) is 3. The first-order valence-corrected chi connectivity index (χ1v) is 9.79. The van der Waals surface area contributed by atoms with Gasteiger partial charge >= 0.3 is 0 Å². The molecule has 23 heavy (non-hydrogen) atoms. The Bertz CT molecular complexity index is 554. The highest BCUT2D eigenvalue weighted by Crippen LogP contribution is 2.33. The van der Waals surface area contributed by atoms with Crippen LogP contribution in [0, 0.1) is 5.92 Å². The van der Waals surface area contributed by atoms with Crippen molar-refractivity contribution < 1.29 is 9.53 Å². The van der Waals surface area contributed by atoms with Crippen LogP contribution in [0.3, 0.4) is 0 Å². The molecule has 1 aliphatic rings. The quantitative estimate of drug-likeness (QED) is 0.706. The van der Waals surface area contributed by atoms with Gasteiger partial charge in [0.15, 0.2) is 0 Å². The summed E-state index contributed by atoms with van der Waals surface area (Å²) < 4.78 is 5.28. The van der Waals surface area contributed by atoms with Crippen molar-refractivity contribution in [1.82, 2.24) is 9.88 Å². The minimum absolute atomic E-state index is 0.0239. The van der Waals surface area contributed by atoms with Crippen molar-refractivity contribution in [2.24, 2.45) is 10.9 Å². The summed E-state index contributed by atoms with van der Waals surface area (Å²) in [4.78, 5) is 23.4. The number of amides is 1. The third-order valence-electron chi connectivity index (χ3n) is 3.57. The number of carbonyl (C=O) groups is 1. The number of methoxy groups -OCH3 is 1. The van der Waals surface area contributed by atoms with Crippen LogP contribution in [0.25, 0.3) is 0 Å². The third kappa shape index (κ3) is 4.49. The van der Waals surface area contributed by atoms with Crippen LogP contribution in [0.2, 0.25) is 0 Å². The van der Waals surface area contributed by atoms with Crippen molar-refractivity contribution in [3.63, 3.8) is 0 Å². The van der Waals surface area contributed by atoms with Crippen molar-refractivity contribution in [3.8, 4) is 0 Å². The van der Waals surface area contributed by atoms with Crippen molar-refractivity contribution in [2.45, 2.75) is 25.3 Å². The van der Waals surface area contributed by atoms with Crippen LogP contribution in [0.4, 0.5) is 0 Å². The molecule has 0 fully saturated rings. The summed E-state index contributed by atoms with van der Waals surface area (Å²) in [7, 11) is 1.62. The Morgan fingerprint density at radius 1 is 1.57 bits per heavy atom. The lowest BCUT2D eigenvalue weighted by atomic mass is 10.2. The van der Waals surface area contributed by atoms with Gasteiger partial charge in [-0.1, -0.05) is 18.7 Å². The summed E-state index contributed by atoms with van der Waals surface area (Å²) in [6.45, 7) is 4.29. The average molecular weight is 354 g/mol. The summed E-state index contributed by atoms with van der Waals surface area (Å²) in [5.74, 6) is 0.893. The van der Waals surface area contributed by atoms with Crippen LogP contribution in [0.1, 0.15) is 19.4 Å². The molecule has 7 heteroatoms.